The molecular weight excluding hydrogens is 328 g/mol. The largest absolute Gasteiger partial charge is 0.444 e. The van der Waals surface area contributed by atoms with E-state index >= 15 is 0 Å². The second-order valence-corrected chi connectivity index (χ2v) is 5.64. The fraction of sp³-hybridized carbons (Fsp3) is 0.538. The number of hydrogen-bond donors (Lipinski definition) is 3. The average Bonchev–Trinajstić information content (AvgIpc) is 2.85. The van der Waals surface area contributed by atoms with E-state index in [9.17, 15) is 14.7 Å². The molecule has 0 saturated heterocycles. The van der Waals surface area contributed by atoms with Gasteiger partial charge in [0.05, 0.1) is 12.6 Å². The Balaban J connectivity index is 1.71. The number of aliphatic hydroxyl groups is 1. The number of rotatable bonds is 4. The van der Waals surface area contributed by atoms with E-state index in [1.54, 1.807) is 6.07 Å². The molecule has 1 aliphatic rings. The van der Waals surface area contributed by atoms with E-state index in [1.165, 1.54) is 6.07 Å². The van der Waals surface area contributed by atoms with Crippen LogP contribution in [0.15, 0.2) is 21.2 Å². The summed E-state index contributed by atoms with van der Waals surface area (Å²) in [6.07, 6.45) is 2.70. The van der Waals surface area contributed by atoms with Crippen LogP contribution in [0, 0.1) is 0 Å². The Hall–Kier alpha value is -1.34. The molecule has 1 aliphatic carbocycles. The van der Waals surface area contributed by atoms with Crippen molar-refractivity contribution >= 4 is 27.7 Å². The average molecular weight is 345 g/mol. The molecule has 2 amide bonds. The molecular formula is C13H17BrN2O4. The molecule has 1 heterocycles. The van der Waals surface area contributed by atoms with Crippen LogP contribution in [-0.4, -0.2) is 35.6 Å². The van der Waals surface area contributed by atoms with Gasteiger partial charge < -0.3 is 20.2 Å². The van der Waals surface area contributed by atoms with Gasteiger partial charge in [0.1, 0.15) is 0 Å². The van der Waals surface area contributed by atoms with Crippen LogP contribution in [0.25, 0.3) is 0 Å². The normalized spacial score (nSPS) is 22.3. The van der Waals surface area contributed by atoms with Crippen molar-refractivity contribution in [2.75, 3.05) is 6.54 Å². The Bertz CT molecular complexity index is 480. The lowest BCUT2D eigenvalue weighted by Gasteiger charge is -2.26. The third-order valence-electron chi connectivity index (χ3n) is 3.27. The van der Waals surface area contributed by atoms with Crippen LogP contribution in [0.4, 0.5) is 0 Å². The van der Waals surface area contributed by atoms with Gasteiger partial charge in [-0.2, -0.15) is 0 Å². The minimum absolute atomic E-state index is 0.0839. The number of aliphatic hydroxyl groups excluding tert-OH is 1. The van der Waals surface area contributed by atoms with Crippen molar-refractivity contribution in [3.05, 3.63) is 22.6 Å². The molecule has 0 spiro atoms. The van der Waals surface area contributed by atoms with Crippen molar-refractivity contribution in [1.29, 1.82) is 0 Å². The molecule has 7 heteroatoms. The molecule has 3 N–H and O–H groups in total. The molecule has 1 aromatic rings. The highest BCUT2D eigenvalue weighted by Crippen LogP contribution is 2.18. The van der Waals surface area contributed by atoms with Crippen molar-refractivity contribution in [2.24, 2.45) is 0 Å². The van der Waals surface area contributed by atoms with Gasteiger partial charge in [-0.05, 0) is 53.7 Å². The van der Waals surface area contributed by atoms with Gasteiger partial charge in [0, 0.05) is 6.04 Å². The van der Waals surface area contributed by atoms with E-state index in [4.69, 9.17) is 4.42 Å². The molecule has 0 aliphatic heterocycles. The fourth-order valence-corrected chi connectivity index (χ4v) is 2.49. The van der Waals surface area contributed by atoms with Gasteiger partial charge in [0.15, 0.2) is 10.4 Å². The van der Waals surface area contributed by atoms with E-state index in [0.717, 1.165) is 12.8 Å². The summed E-state index contributed by atoms with van der Waals surface area (Å²) in [4.78, 5) is 23.4. The minimum atomic E-state index is -0.426. The van der Waals surface area contributed by atoms with Gasteiger partial charge in [0.25, 0.3) is 5.91 Å². The molecule has 1 fully saturated rings. The van der Waals surface area contributed by atoms with Gasteiger partial charge >= 0.3 is 0 Å². The van der Waals surface area contributed by atoms with Crippen molar-refractivity contribution in [3.63, 3.8) is 0 Å². The number of carbonyl (C=O) groups excluding carboxylic acids is 2. The first-order valence-corrected chi connectivity index (χ1v) is 7.35. The van der Waals surface area contributed by atoms with Gasteiger partial charge in [0.2, 0.25) is 5.91 Å². The molecule has 0 radical (unpaired) electrons. The highest BCUT2D eigenvalue weighted by Gasteiger charge is 2.21. The van der Waals surface area contributed by atoms with Crippen molar-refractivity contribution in [2.45, 2.75) is 37.8 Å². The lowest BCUT2D eigenvalue weighted by molar-refractivity contribution is -0.121. The summed E-state index contributed by atoms with van der Waals surface area (Å²) < 4.78 is 5.55. The first kappa shape index (κ1) is 15.1. The van der Waals surface area contributed by atoms with Crippen LogP contribution in [0.3, 0.4) is 0 Å². The maximum absolute atomic E-state index is 11.7. The number of nitrogens with one attached hydrogen (secondary N) is 2. The molecule has 20 heavy (non-hydrogen) atoms. The SMILES string of the molecule is O=C(CNC(=O)c1ccc(Br)o1)NC1CCC(O)CC1. The van der Waals surface area contributed by atoms with Gasteiger partial charge in [-0.1, -0.05) is 0 Å². The van der Waals surface area contributed by atoms with E-state index in [1.807, 2.05) is 0 Å². The molecule has 0 atom stereocenters. The van der Waals surface area contributed by atoms with Crippen LogP contribution >= 0.6 is 15.9 Å². The predicted molar refractivity (Wildman–Crippen MR) is 75.1 cm³/mol. The van der Waals surface area contributed by atoms with Crippen molar-refractivity contribution < 1.29 is 19.1 Å². The maximum atomic E-state index is 11.7. The van der Waals surface area contributed by atoms with Crippen molar-refractivity contribution in [1.82, 2.24) is 10.6 Å². The molecule has 0 aromatic carbocycles. The first-order valence-electron chi connectivity index (χ1n) is 6.55. The monoisotopic (exact) mass is 344 g/mol. The third-order valence-corrected chi connectivity index (χ3v) is 3.69. The summed E-state index contributed by atoms with van der Waals surface area (Å²) in [6, 6.07) is 3.22. The third kappa shape index (κ3) is 4.35. The zero-order chi connectivity index (χ0) is 14.5. The molecule has 110 valence electrons. The number of hydrogen-bond acceptors (Lipinski definition) is 4. The predicted octanol–water partition coefficient (Wildman–Crippen LogP) is 1.19. The van der Waals surface area contributed by atoms with Crippen molar-refractivity contribution in [3.8, 4) is 0 Å². The zero-order valence-corrected chi connectivity index (χ0v) is 12.5. The van der Waals surface area contributed by atoms with E-state index in [-0.39, 0.29) is 30.4 Å². The summed E-state index contributed by atoms with van der Waals surface area (Å²) in [7, 11) is 0. The number of amides is 2. The Labute approximate surface area is 125 Å². The smallest absolute Gasteiger partial charge is 0.287 e. The molecule has 6 nitrogen and oxygen atoms in total. The Morgan fingerprint density at radius 2 is 2.00 bits per heavy atom. The first-order chi connectivity index (χ1) is 9.54. The number of carbonyl (C=O) groups is 2. The quantitative estimate of drug-likeness (QED) is 0.765. The summed E-state index contributed by atoms with van der Waals surface area (Å²) in [6.45, 7) is -0.0871. The molecule has 0 unspecified atom stereocenters. The molecule has 0 bridgehead atoms. The van der Waals surface area contributed by atoms with E-state index in [2.05, 4.69) is 26.6 Å². The van der Waals surface area contributed by atoms with Gasteiger partial charge in [-0.25, -0.2) is 0 Å². The minimum Gasteiger partial charge on any atom is -0.444 e. The van der Waals surface area contributed by atoms with Crippen LogP contribution in [0.2, 0.25) is 0 Å². The Kier molecular flexibility index (Phi) is 5.19. The maximum Gasteiger partial charge on any atom is 0.287 e. The second-order valence-electron chi connectivity index (χ2n) is 4.86. The number of furan rings is 1. The fourth-order valence-electron chi connectivity index (χ4n) is 2.18. The van der Waals surface area contributed by atoms with Gasteiger partial charge in [-0.15, -0.1) is 0 Å². The van der Waals surface area contributed by atoms with Crippen LogP contribution in [-0.2, 0) is 4.79 Å². The highest BCUT2D eigenvalue weighted by atomic mass is 79.9. The molecule has 1 aromatic heterocycles. The summed E-state index contributed by atoms with van der Waals surface area (Å²) in [5.41, 5.74) is 0. The van der Waals surface area contributed by atoms with Crippen LogP contribution in [0.1, 0.15) is 36.2 Å². The summed E-state index contributed by atoms with van der Waals surface area (Å²) in [5, 5.41) is 14.7. The number of halogens is 1. The lowest BCUT2D eigenvalue weighted by Crippen LogP contribution is -2.43. The Morgan fingerprint density at radius 1 is 1.30 bits per heavy atom. The topological polar surface area (TPSA) is 91.6 Å². The summed E-state index contributed by atoms with van der Waals surface area (Å²) >= 11 is 3.10. The van der Waals surface area contributed by atoms with E-state index in [0.29, 0.717) is 17.5 Å². The summed E-state index contributed by atoms with van der Waals surface area (Å²) in [5.74, 6) is -0.499. The molecule has 1 saturated carbocycles. The standard InChI is InChI=1S/C13H17BrN2O4/c14-11-6-5-10(20-11)13(19)15-7-12(18)16-8-1-3-9(17)4-2-8/h5-6,8-9,17H,1-4,7H2,(H,15,19)(H,16,18). The second kappa shape index (κ2) is 6.90. The van der Waals surface area contributed by atoms with E-state index < -0.39 is 5.91 Å². The van der Waals surface area contributed by atoms with Gasteiger partial charge in [-0.3, -0.25) is 9.59 Å². The van der Waals surface area contributed by atoms with Crippen LogP contribution < -0.4 is 10.6 Å². The Morgan fingerprint density at radius 3 is 2.60 bits per heavy atom. The molecule has 2 rings (SSSR count). The highest BCUT2D eigenvalue weighted by molar-refractivity contribution is 9.10. The zero-order valence-electron chi connectivity index (χ0n) is 10.9. The van der Waals surface area contributed by atoms with Crippen LogP contribution in [0.5, 0.6) is 0 Å². The lowest BCUT2D eigenvalue weighted by atomic mass is 9.93.